The number of benzene rings is 1. The van der Waals surface area contributed by atoms with Crippen molar-refractivity contribution in [3.05, 3.63) is 89.0 Å². The van der Waals surface area contributed by atoms with E-state index in [1.165, 1.54) is 21.5 Å². The van der Waals surface area contributed by atoms with E-state index in [0.717, 1.165) is 0 Å². The molecule has 0 fully saturated rings. The molecule has 5 nitrogen and oxygen atoms in total. The van der Waals surface area contributed by atoms with Crippen molar-refractivity contribution >= 4 is 43.0 Å². The molecular formula is C22H13B2BrF2N4O. The number of carbonyl (C=O) groups excluding carboxylic acids is 1. The van der Waals surface area contributed by atoms with E-state index in [1.54, 1.807) is 42.7 Å². The van der Waals surface area contributed by atoms with E-state index in [-0.39, 0.29) is 24.6 Å². The second kappa shape index (κ2) is 7.55. The van der Waals surface area contributed by atoms with E-state index in [1.807, 2.05) is 0 Å². The standard InChI is InChI=1S/C22H13B2BrF2N4O/c23-22(24,25)20-9-19-13(4-2-6-31(19)29-20)12-7-16(26)15(17(27)8-12)10-30-11-18-14(21(30)32)3-1-5-28-18/h1-9H,10-11H2. The largest absolute Gasteiger partial charge is 0.328 e. The summed E-state index contributed by atoms with van der Waals surface area (Å²) in [5.41, 5.74) is 2.71. The van der Waals surface area contributed by atoms with Gasteiger partial charge in [0.15, 0.2) is 0 Å². The first kappa shape index (κ1) is 20.9. The molecule has 5 rings (SSSR count). The van der Waals surface area contributed by atoms with Gasteiger partial charge >= 0.3 is 0 Å². The van der Waals surface area contributed by atoms with Crippen molar-refractivity contribution in [2.75, 3.05) is 0 Å². The van der Waals surface area contributed by atoms with Crippen molar-refractivity contribution < 1.29 is 13.6 Å². The number of pyridine rings is 2. The zero-order valence-corrected chi connectivity index (χ0v) is 18.2. The SMILES string of the molecule is [B]C([B])(Br)c1cc2c(-c3cc(F)c(CN4Cc5ncccc5C4=O)c(F)c3)cccn2n1. The summed E-state index contributed by atoms with van der Waals surface area (Å²) >= 11 is 3.16. The summed E-state index contributed by atoms with van der Waals surface area (Å²) in [5.74, 6) is -1.79. The third-order valence-electron chi connectivity index (χ3n) is 5.44. The molecule has 0 saturated carbocycles. The zero-order valence-electron chi connectivity index (χ0n) is 16.6. The first-order valence-electron chi connectivity index (χ1n) is 9.69. The molecule has 1 aliphatic heterocycles. The maximum Gasteiger partial charge on any atom is 0.256 e. The van der Waals surface area contributed by atoms with Crippen LogP contribution in [0, 0.1) is 11.6 Å². The predicted octanol–water partition coefficient (Wildman–Crippen LogP) is 3.67. The average Bonchev–Trinajstić information content (AvgIpc) is 3.32. The van der Waals surface area contributed by atoms with Crippen molar-refractivity contribution in [3.8, 4) is 11.1 Å². The van der Waals surface area contributed by atoms with Gasteiger partial charge in [0, 0.05) is 23.5 Å². The smallest absolute Gasteiger partial charge is 0.256 e. The molecule has 1 aliphatic rings. The van der Waals surface area contributed by atoms with Crippen molar-refractivity contribution in [3.63, 3.8) is 0 Å². The highest BCUT2D eigenvalue weighted by atomic mass is 79.9. The zero-order chi connectivity index (χ0) is 22.6. The molecular weight excluding hydrogens is 476 g/mol. The van der Waals surface area contributed by atoms with Gasteiger partial charge in [-0.05, 0) is 46.1 Å². The number of nitrogens with zero attached hydrogens (tertiary/aromatic N) is 4. The fourth-order valence-electron chi connectivity index (χ4n) is 3.86. The average molecular weight is 489 g/mol. The number of aromatic nitrogens is 3. The van der Waals surface area contributed by atoms with Gasteiger partial charge in [0.2, 0.25) is 0 Å². The van der Waals surface area contributed by atoms with Crippen molar-refractivity contribution in [2.24, 2.45) is 0 Å². The molecule has 1 amide bonds. The molecule has 0 unspecified atom stereocenters. The number of amides is 1. The van der Waals surface area contributed by atoms with E-state index in [4.69, 9.17) is 15.7 Å². The summed E-state index contributed by atoms with van der Waals surface area (Å²) in [6.07, 6.45) is 3.27. The van der Waals surface area contributed by atoms with Crippen LogP contribution in [-0.2, 0) is 17.2 Å². The Bertz CT molecular complexity index is 1360. The van der Waals surface area contributed by atoms with Crippen LogP contribution in [0.25, 0.3) is 16.6 Å². The van der Waals surface area contributed by atoms with Crippen LogP contribution in [0.1, 0.15) is 27.3 Å². The van der Waals surface area contributed by atoms with Crippen LogP contribution in [0.15, 0.2) is 54.9 Å². The van der Waals surface area contributed by atoms with Gasteiger partial charge in [0.05, 0.1) is 51.3 Å². The van der Waals surface area contributed by atoms with Crippen LogP contribution in [0.3, 0.4) is 0 Å². The molecule has 0 spiro atoms. The lowest BCUT2D eigenvalue weighted by Crippen LogP contribution is -2.24. The van der Waals surface area contributed by atoms with E-state index >= 15 is 8.78 Å². The van der Waals surface area contributed by atoms with E-state index < -0.39 is 15.8 Å². The number of halogens is 3. The fraction of sp³-hybridized carbons (Fsp3) is 0.136. The highest BCUT2D eigenvalue weighted by Crippen LogP contribution is 2.32. The molecule has 4 radical (unpaired) electrons. The Hall–Kier alpha value is -3.00. The Morgan fingerprint density at radius 3 is 2.50 bits per heavy atom. The molecule has 0 saturated heterocycles. The Labute approximate surface area is 193 Å². The Balaban J connectivity index is 1.50. The number of fused-ring (bicyclic) bond motifs is 2. The first-order chi connectivity index (χ1) is 15.2. The van der Waals surface area contributed by atoms with E-state index in [2.05, 4.69) is 26.0 Å². The summed E-state index contributed by atoms with van der Waals surface area (Å²) in [6.45, 7) is 0.0145. The Morgan fingerprint density at radius 1 is 1.09 bits per heavy atom. The summed E-state index contributed by atoms with van der Waals surface area (Å²) in [4.78, 5) is 18.1. The molecule has 0 bridgehead atoms. The van der Waals surface area contributed by atoms with Gasteiger partial charge in [-0.1, -0.05) is 22.0 Å². The normalized spacial score (nSPS) is 13.7. The molecule has 4 aromatic rings. The number of rotatable bonds is 4. The topological polar surface area (TPSA) is 50.5 Å². The highest BCUT2D eigenvalue weighted by molar-refractivity contribution is 9.10. The first-order valence-corrected chi connectivity index (χ1v) is 10.5. The molecule has 0 N–H and O–H groups in total. The van der Waals surface area contributed by atoms with E-state index in [0.29, 0.717) is 33.6 Å². The van der Waals surface area contributed by atoms with E-state index in [9.17, 15) is 4.79 Å². The molecule has 154 valence electrons. The summed E-state index contributed by atoms with van der Waals surface area (Å²) in [5, 5.41) is 4.31. The lowest BCUT2D eigenvalue weighted by Gasteiger charge is -2.17. The molecule has 0 atom stereocenters. The summed E-state index contributed by atoms with van der Waals surface area (Å²) in [7, 11) is 11.7. The van der Waals surface area contributed by atoms with Gasteiger partial charge in [0.1, 0.15) is 11.6 Å². The highest BCUT2D eigenvalue weighted by Gasteiger charge is 2.30. The van der Waals surface area contributed by atoms with Gasteiger partial charge in [-0.2, -0.15) is 5.10 Å². The minimum absolute atomic E-state index is 0.181. The van der Waals surface area contributed by atoms with Crippen LogP contribution < -0.4 is 0 Å². The fourth-order valence-corrected chi connectivity index (χ4v) is 4.05. The van der Waals surface area contributed by atoms with Crippen molar-refractivity contribution in [2.45, 2.75) is 17.2 Å². The van der Waals surface area contributed by atoms with Crippen molar-refractivity contribution in [1.29, 1.82) is 0 Å². The second-order valence-corrected chi connectivity index (χ2v) is 8.94. The van der Waals surface area contributed by atoms with Crippen LogP contribution >= 0.6 is 15.9 Å². The van der Waals surface area contributed by atoms with Crippen LogP contribution in [-0.4, -0.2) is 41.1 Å². The number of alkyl halides is 1. The van der Waals surface area contributed by atoms with Gasteiger partial charge < -0.3 is 4.90 Å². The van der Waals surface area contributed by atoms with Gasteiger partial charge in [-0.3, -0.25) is 9.78 Å². The molecule has 1 aromatic carbocycles. The molecule has 0 aliphatic carbocycles. The lowest BCUT2D eigenvalue weighted by molar-refractivity contribution is 0.0763. The Kier molecular flexibility index (Phi) is 4.93. The van der Waals surface area contributed by atoms with Gasteiger partial charge in [0.25, 0.3) is 5.91 Å². The quantitative estimate of drug-likeness (QED) is 0.325. The number of hydrogen-bond acceptors (Lipinski definition) is 3. The minimum atomic E-state index is -1.34. The molecule has 32 heavy (non-hydrogen) atoms. The maximum atomic E-state index is 15.0. The maximum absolute atomic E-state index is 15.0. The number of carbonyl (C=O) groups is 1. The predicted molar refractivity (Wildman–Crippen MR) is 120 cm³/mol. The molecule has 10 heteroatoms. The third kappa shape index (κ3) is 3.52. The van der Waals surface area contributed by atoms with Gasteiger partial charge in [-0.25, -0.2) is 13.3 Å². The molecule has 4 heterocycles. The van der Waals surface area contributed by atoms with Crippen LogP contribution in [0.2, 0.25) is 0 Å². The van der Waals surface area contributed by atoms with Crippen LogP contribution in [0.5, 0.6) is 0 Å². The minimum Gasteiger partial charge on any atom is -0.328 e. The van der Waals surface area contributed by atoms with Crippen molar-refractivity contribution in [1.82, 2.24) is 19.5 Å². The summed E-state index contributed by atoms with van der Waals surface area (Å²) < 4.78 is 30.3. The number of hydrogen-bond donors (Lipinski definition) is 0. The van der Waals surface area contributed by atoms with Gasteiger partial charge in [-0.15, -0.1) is 0 Å². The Morgan fingerprint density at radius 2 is 1.81 bits per heavy atom. The monoisotopic (exact) mass is 488 g/mol. The lowest BCUT2D eigenvalue weighted by atomic mass is 9.68. The van der Waals surface area contributed by atoms with Crippen LogP contribution in [0.4, 0.5) is 8.78 Å². The molecule has 3 aromatic heterocycles. The second-order valence-electron chi connectivity index (χ2n) is 7.63. The summed E-state index contributed by atoms with van der Waals surface area (Å²) in [6, 6.07) is 10.9. The third-order valence-corrected chi connectivity index (χ3v) is 5.85.